The molecule has 1 heterocycles. The van der Waals surface area contributed by atoms with Gasteiger partial charge < -0.3 is 5.32 Å². The molecule has 0 aromatic carbocycles. The molecule has 1 aliphatic rings. The third-order valence-electron chi connectivity index (χ3n) is 4.23. The van der Waals surface area contributed by atoms with Crippen molar-refractivity contribution in [2.45, 2.75) is 57.7 Å². The third kappa shape index (κ3) is 4.19. The summed E-state index contributed by atoms with van der Waals surface area (Å²) in [7, 11) is 0. The van der Waals surface area contributed by atoms with E-state index in [1.807, 2.05) is 6.92 Å². The van der Waals surface area contributed by atoms with E-state index < -0.39 is 11.7 Å². The summed E-state index contributed by atoms with van der Waals surface area (Å²) in [5.74, 6) is 0.274. The van der Waals surface area contributed by atoms with Gasteiger partial charge in [0.15, 0.2) is 0 Å². The average molecular weight is 300 g/mol. The summed E-state index contributed by atoms with van der Waals surface area (Å²) >= 11 is 0. The van der Waals surface area contributed by atoms with Gasteiger partial charge in [-0.05, 0) is 43.4 Å². The maximum Gasteiger partial charge on any atom is 0.416 e. The number of nitrogens with one attached hydrogen (secondary N) is 1. The monoisotopic (exact) mass is 300 g/mol. The summed E-state index contributed by atoms with van der Waals surface area (Å²) in [6.45, 7) is 2.76. The number of nitrogens with zero attached hydrogens (tertiary/aromatic N) is 1. The van der Waals surface area contributed by atoms with Crippen LogP contribution in [-0.4, -0.2) is 11.5 Å². The van der Waals surface area contributed by atoms with Crippen molar-refractivity contribution in [3.63, 3.8) is 0 Å². The van der Waals surface area contributed by atoms with Gasteiger partial charge in [-0.25, -0.2) is 0 Å². The number of rotatable bonds is 5. The van der Waals surface area contributed by atoms with Crippen molar-refractivity contribution in [3.05, 3.63) is 29.6 Å². The quantitative estimate of drug-likeness (QED) is 0.851. The maximum atomic E-state index is 13.2. The Balaban J connectivity index is 2.31. The summed E-state index contributed by atoms with van der Waals surface area (Å²) in [6, 6.07) is 0.856. The van der Waals surface area contributed by atoms with E-state index in [2.05, 4.69) is 10.3 Å². The van der Waals surface area contributed by atoms with E-state index in [9.17, 15) is 13.2 Å². The fourth-order valence-corrected chi connectivity index (χ4v) is 3.21. The Bertz CT molecular complexity index is 439. The van der Waals surface area contributed by atoms with Crippen molar-refractivity contribution in [2.24, 2.45) is 5.92 Å². The standard InChI is InChI=1S/C16H23F3N2/c1-2-9-21-15(12-6-4-3-5-7-12)13-11-20-10-8-14(13)16(17,18)19/h8,10-12,15,21H,2-7,9H2,1H3. The van der Waals surface area contributed by atoms with Crippen molar-refractivity contribution in [1.29, 1.82) is 0 Å². The Morgan fingerprint density at radius 3 is 2.62 bits per heavy atom. The van der Waals surface area contributed by atoms with Crippen LogP contribution in [0, 0.1) is 5.92 Å². The minimum atomic E-state index is -4.32. The molecule has 0 radical (unpaired) electrons. The molecule has 2 nitrogen and oxygen atoms in total. The van der Waals surface area contributed by atoms with Gasteiger partial charge in [-0.3, -0.25) is 4.98 Å². The first kappa shape index (κ1) is 16.3. The average Bonchev–Trinajstić information content (AvgIpc) is 2.48. The van der Waals surface area contributed by atoms with E-state index in [4.69, 9.17) is 0 Å². The molecular weight excluding hydrogens is 277 g/mol. The van der Waals surface area contributed by atoms with Crippen LogP contribution in [0.5, 0.6) is 0 Å². The second-order valence-corrected chi connectivity index (χ2v) is 5.79. The predicted molar refractivity (Wildman–Crippen MR) is 76.8 cm³/mol. The van der Waals surface area contributed by atoms with Crippen LogP contribution in [0.15, 0.2) is 18.5 Å². The zero-order chi connectivity index (χ0) is 15.3. The molecule has 1 aromatic rings. The van der Waals surface area contributed by atoms with Gasteiger partial charge in [0.05, 0.1) is 5.56 Å². The largest absolute Gasteiger partial charge is 0.416 e. The molecule has 1 aromatic heterocycles. The number of hydrogen-bond acceptors (Lipinski definition) is 2. The Morgan fingerprint density at radius 1 is 1.29 bits per heavy atom. The van der Waals surface area contributed by atoms with Crippen LogP contribution in [0.25, 0.3) is 0 Å². The zero-order valence-corrected chi connectivity index (χ0v) is 12.4. The molecule has 1 unspecified atom stereocenters. The molecular formula is C16H23F3N2. The number of pyridine rings is 1. The minimum Gasteiger partial charge on any atom is -0.310 e. The van der Waals surface area contributed by atoms with E-state index >= 15 is 0 Å². The van der Waals surface area contributed by atoms with E-state index in [1.54, 1.807) is 0 Å². The molecule has 2 rings (SSSR count). The lowest BCUT2D eigenvalue weighted by Crippen LogP contribution is -2.32. The normalized spacial score (nSPS) is 18.7. The van der Waals surface area contributed by atoms with Crippen LogP contribution >= 0.6 is 0 Å². The second-order valence-electron chi connectivity index (χ2n) is 5.79. The molecule has 1 fully saturated rings. The summed E-state index contributed by atoms with van der Waals surface area (Å²) in [5.41, 5.74) is -0.234. The number of alkyl halides is 3. The van der Waals surface area contributed by atoms with Crippen molar-refractivity contribution < 1.29 is 13.2 Å². The molecule has 0 spiro atoms. The highest BCUT2D eigenvalue weighted by Gasteiger charge is 2.37. The molecule has 21 heavy (non-hydrogen) atoms. The lowest BCUT2D eigenvalue weighted by molar-refractivity contribution is -0.138. The first-order chi connectivity index (χ1) is 10.0. The highest BCUT2D eigenvalue weighted by atomic mass is 19.4. The van der Waals surface area contributed by atoms with Crippen molar-refractivity contribution in [2.75, 3.05) is 6.54 Å². The molecule has 0 saturated heterocycles. The Kier molecular flexibility index (Phi) is 5.62. The van der Waals surface area contributed by atoms with Crippen LogP contribution < -0.4 is 5.32 Å². The summed E-state index contributed by atoms with van der Waals surface area (Å²) < 4.78 is 39.7. The Morgan fingerprint density at radius 2 is 2.00 bits per heavy atom. The third-order valence-corrected chi connectivity index (χ3v) is 4.23. The van der Waals surface area contributed by atoms with E-state index in [0.29, 0.717) is 5.56 Å². The summed E-state index contributed by atoms with van der Waals surface area (Å²) in [5, 5.41) is 3.33. The summed E-state index contributed by atoms with van der Waals surface area (Å²) in [4.78, 5) is 3.94. The highest BCUT2D eigenvalue weighted by Crippen LogP contribution is 2.40. The SMILES string of the molecule is CCCNC(c1cnccc1C(F)(F)F)C1CCCCC1. The minimum absolute atomic E-state index is 0.240. The van der Waals surface area contributed by atoms with E-state index in [0.717, 1.165) is 44.7 Å². The Hall–Kier alpha value is -1.10. The van der Waals surface area contributed by atoms with Gasteiger partial charge in [-0.15, -0.1) is 0 Å². The number of hydrogen-bond donors (Lipinski definition) is 1. The van der Waals surface area contributed by atoms with Crippen molar-refractivity contribution in [1.82, 2.24) is 10.3 Å². The van der Waals surface area contributed by atoms with Crippen LogP contribution in [0.1, 0.15) is 62.6 Å². The predicted octanol–water partition coefficient (Wildman–Crippen LogP) is 4.72. The van der Waals surface area contributed by atoms with Gasteiger partial charge in [0, 0.05) is 18.4 Å². The van der Waals surface area contributed by atoms with Gasteiger partial charge >= 0.3 is 6.18 Å². The topological polar surface area (TPSA) is 24.9 Å². The van der Waals surface area contributed by atoms with Gasteiger partial charge in [0.1, 0.15) is 0 Å². The molecule has 0 aliphatic heterocycles. The molecule has 118 valence electrons. The number of halogens is 3. The first-order valence-electron chi connectivity index (χ1n) is 7.78. The lowest BCUT2D eigenvalue weighted by atomic mass is 9.80. The first-order valence-corrected chi connectivity index (χ1v) is 7.78. The fourth-order valence-electron chi connectivity index (χ4n) is 3.21. The summed E-state index contributed by atoms with van der Waals surface area (Å²) in [6.07, 6.45) is 4.60. The van der Waals surface area contributed by atoms with Crippen molar-refractivity contribution in [3.8, 4) is 0 Å². The molecule has 1 saturated carbocycles. The van der Waals surface area contributed by atoms with E-state index in [1.165, 1.54) is 18.8 Å². The zero-order valence-electron chi connectivity index (χ0n) is 12.4. The van der Waals surface area contributed by atoms with E-state index in [-0.39, 0.29) is 12.0 Å². The van der Waals surface area contributed by atoms with Crippen LogP contribution in [0.2, 0.25) is 0 Å². The fraction of sp³-hybridized carbons (Fsp3) is 0.688. The lowest BCUT2D eigenvalue weighted by Gasteiger charge is -2.32. The van der Waals surface area contributed by atoms with Crippen LogP contribution in [0.3, 0.4) is 0 Å². The van der Waals surface area contributed by atoms with Gasteiger partial charge in [0.25, 0.3) is 0 Å². The highest BCUT2D eigenvalue weighted by molar-refractivity contribution is 5.30. The van der Waals surface area contributed by atoms with Crippen LogP contribution in [0.4, 0.5) is 13.2 Å². The van der Waals surface area contributed by atoms with Gasteiger partial charge in [0.2, 0.25) is 0 Å². The smallest absolute Gasteiger partial charge is 0.310 e. The van der Waals surface area contributed by atoms with Gasteiger partial charge in [-0.2, -0.15) is 13.2 Å². The Labute approximate surface area is 124 Å². The van der Waals surface area contributed by atoms with Crippen LogP contribution in [-0.2, 0) is 6.18 Å². The molecule has 0 amide bonds. The molecule has 1 N–H and O–H groups in total. The molecule has 0 bridgehead atoms. The van der Waals surface area contributed by atoms with Gasteiger partial charge in [-0.1, -0.05) is 26.2 Å². The molecule has 1 aliphatic carbocycles. The second kappa shape index (κ2) is 7.25. The molecule has 1 atom stereocenters. The maximum absolute atomic E-state index is 13.2. The molecule has 5 heteroatoms. The van der Waals surface area contributed by atoms with Crippen molar-refractivity contribution >= 4 is 0 Å². The number of aromatic nitrogens is 1.